The summed E-state index contributed by atoms with van der Waals surface area (Å²) in [5, 5.41) is 8.62. The van der Waals surface area contributed by atoms with Gasteiger partial charge in [0.25, 0.3) is 0 Å². The molecule has 16 heavy (non-hydrogen) atoms. The standard InChI is InChI=1S/C9H9NO5S/c11-3-4-16(13,14)6-1-2-7-8(5-6)15-9(12)10-7/h1-2,5,11H,3-4H2,(H,10,12). The molecule has 0 fully saturated rings. The van der Waals surface area contributed by atoms with Gasteiger partial charge in [0, 0.05) is 6.07 Å². The summed E-state index contributed by atoms with van der Waals surface area (Å²) in [6.45, 7) is -0.447. The lowest BCUT2D eigenvalue weighted by molar-refractivity contribution is 0.319. The second-order valence-electron chi connectivity index (χ2n) is 3.21. The van der Waals surface area contributed by atoms with Crippen LogP contribution in [0.3, 0.4) is 0 Å². The van der Waals surface area contributed by atoms with Crippen LogP contribution in [0.2, 0.25) is 0 Å². The van der Waals surface area contributed by atoms with Crippen LogP contribution in [0.25, 0.3) is 11.1 Å². The third-order valence-electron chi connectivity index (χ3n) is 2.11. The highest BCUT2D eigenvalue weighted by Crippen LogP contribution is 2.17. The first-order valence-electron chi connectivity index (χ1n) is 4.49. The highest BCUT2D eigenvalue weighted by Gasteiger charge is 2.15. The van der Waals surface area contributed by atoms with Gasteiger partial charge in [0.2, 0.25) is 0 Å². The number of sulfone groups is 1. The molecule has 0 spiro atoms. The maximum atomic E-state index is 11.6. The summed E-state index contributed by atoms with van der Waals surface area (Å²) in [6.07, 6.45) is 0. The summed E-state index contributed by atoms with van der Waals surface area (Å²) in [4.78, 5) is 13.3. The molecule has 86 valence electrons. The molecule has 0 amide bonds. The second kappa shape index (κ2) is 3.76. The van der Waals surface area contributed by atoms with Gasteiger partial charge in [-0.05, 0) is 12.1 Å². The van der Waals surface area contributed by atoms with Gasteiger partial charge >= 0.3 is 5.76 Å². The van der Waals surface area contributed by atoms with E-state index in [4.69, 9.17) is 9.52 Å². The van der Waals surface area contributed by atoms with E-state index in [9.17, 15) is 13.2 Å². The normalized spacial score (nSPS) is 12.1. The van der Waals surface area contributed by atoms with E-state index in [-0.39, 0.29) is 16.2 Å². The van der Waals surface area contributed by atoms with Crippen molar-refractivity contribution in [2.45, 2.75) is 4.90 Å². The highest BCUT2D eigenvalue weighted by atomic mass is 32.2. The average molecular weight is 243 g/mol. The van der Waals surface area contributed by atoms with Gasteiger partial charge in [0.15, 0.2) is 15.4 Å². The quantitative estimate of drug-likeness (QED) is 0.783. The summed E-state index contributed by atoms with van der Waals surface area (Å²) in [6, 6.07) is 4.07. The predicted molar refractivity (Wildman–Crippen MR) is 56.0 cm³/mol. The summed E-state index contributed by atoms with van der Waals surface area (Å²) in [5.41, 5.74) is 0.622. The van der Waals surface area contributed by atoms with Crippen LogP contribution in [0.5, 0.6) is 0 Å². The van der Waals surface area contributed by atoms with E-state index in [0.29, 0.717) is 5.52 Å². The van der Waals surface area contributed by atoms with Gasteiger partial charge in [-0.25, -0.2) is 13.2 Å². The van der Waals surface area contributed by atoms with Gasteiger partial charge in [-0.2, -0.15) is 0 Å². The van der Waals surface area contributed by atoms with Crippen molar-refractivity contribution < 1.29 is 17.9 Å². The van der Waals surface area contributed by atoms with Crippen LogP contribution in [0, 0.1) is 0 Å². The number of nitrogens with one attached hydrogen (secondary N) is 1. The Morgan fingerprint density at radius 1 is 1.38 bits per heavy atom. The predicted octanol–water partition coefficient (Wildman–Crippen LogP) is -0.113. The molecule has 0 saturated heterocycles. The minimum absolute atomic E-state index is 0.0248. The van der Waals surface area contributed by atoms with E-state index in [0.717, 1.165) is 0 Å². The van der Waals surface area contributed by atoms with E-state index < -0.39 is 22.2 Å². The number of aliphatic hydroxyl groups excluding tert-OH is 1. The number of H-pyrrole nitrogens is 1. The van der Waals surface area contributed by atoms with Crippen LogP contribution in [0.15, 0.2) is 32.3 Å². The van der Waals surface area contributed by atoms with Crippen molar-refractivity contribution in [3.63, 3.8) is 0 Å². The number of aromatic nitrogens is 1. The Hall–Kier alpha value is -1.60. The van der Waals surface area contributed by atoms with Crippen molar-refractivity contribution in [2.75, 3.05) is 12.4 Å². The molecule has 0 bridgehead atoms. The van der Waals surface area contributed by atoms with Gasteiger partial charge in [0.1, 0.15) is 0 Å². The monoisotopic (exact) mass is 243 g/mol. The first kappa shape index (κ1) is 10.9. The number of hydrogen-bond acceptors (Lipinski definition) is 5. The number of fused-ring (bicyclic) bond motifs is 1. The van der Waals surface area contributed by atoms with Gasteiger partial charge in [-0.3, -0.25) is 4.98 Å². The minimum Gasteiger partial charge on any atom is -0.408 e. The Kier molecular flexibility index (Phi) is 2.56. The number of oxazole rings is 1. The zero-order valence-electron chi connectivity index (χ0n) is 8.13. The molecule has 0 aliphatic heterocycles. The van der Waals surface area contributed by atoms with E-state index >= 15 is 0 Å². The fourth-order valence-electron chi connectivity index (χ4n) is 1.36. The van der Waals surface area contributed by atoms with E-state index in [1.54, 1.807) is 0 Å². The van der Waals surface area contributed by atoms with Crippen LogP contribution in [-0.4, -0.2) is 30.9 Å². The molecule has 0 aliphatic carbocycles. The minimum atomic E-state index is -3.52. The van der Waals surface area contributed by atoms with Crippen molar-refractivity contribution >= 4 is 20.9 Å². The third-order valence-corrected chi connectivity index (χ3v) is 3.80. The third kappa shape index (κ3) is 1.86. The van der Waals surface area contributed by atoms with Crippen LogP contribution < -0.4 is 5.76 Å². The lowest BCUT2D eigenvalue weighted by Gasteiger charge is -2.01. The summed E-state index contributed by atoms with van der Waals surface area (Å²) < 4.78 is 27.9. The molecule has 0 radical (unpaired) electrons. The lowest BCUT2D eigenvalue weighted by atomic mass is 10.3. The molecule has 2 aromatic rings. The number of benzene rings is 1. The molecule has 0 saturated carbocycles. The van der Waals surface area contributed by atoms with Crippen LogP contribution >= 0.6 is 0 Å². The zero-order valence-corrected chi connectivity index (χ0v) is 8.95. The van der Waals surface area contributed by atoms with Crippen molar-refractivity contribution in [3.05, 3.63) is 28.7 Å². The number of hydrogen-bond donors (Lipinski definition) is 2. The highest BCUT2D eigenvalue weighted by molar-refractivity contribution is 7.91. The Morgan fingerprint density at radius 2 is 2.12 bits per heavy atom. The maximum Gasteiger partial charge on any atom is 0.417 e. The zero-order chi connectivity index (χ0) is 11.8. The lowest BCUT2D eigenvalue weighted by Crippen LogP contribution is -2.09. The summed E-state index contributed by atoms with van der Waals surface area (Å²) in [7, 11) is -3.52. The topological polar surface area (TPSA) is 100 Å². The molecule has 2 rings (SSSR count). The molecule has 1 heterocycles. The molecule has 0 unspecified atom stereocenters. The largest absolute Gasteiger partial charge is 0.417 e. The van der Waals surface area contributed by atoms with Crippen molar-refractivity contribution in [3.8, 4) is 0 Å². The number of aromatic amines is 1. The molecule has 1 aromatic carbocycles. The summed E-state index contributed by atoms with van der Waals surface area (Å²) in [5.74, 6) is -0.987. The van der Waals surface area contributed by atoms with Gasteiger partial charge in [0.05, 0.1) is 22.8 Å². The molecule has 0 atom stereocenters. The van der Waals surface area contributed by atoms with Gasteiger partial charge < -0.3 is 9.52 Å². The van der Waals surface area contributed by atoms with Crippen LogP contribution in [-0.2, 0) is 9.84 Å². The molecular formula is C9H9NO5S. The van der Waals surface area contributed by atoms with E-state index in [1.807, 2.05) is 0 Å². The molecule has 7 heteroatoms. The fraction of sp³-hybridized carbons (Fsp3) is 0.222. The number of rotatable bonds is 3. The van der Waals surface area contributed by atoms with Crippen LogP contribution in [0.4, 0.5) is 0 Å². The molecular weight excluding hydrogens is 234 g/mol. The molecule has 0 aliphatic rings. The van der Waals surface area contributed by atoms with E-state index in [1.165, 1.54) is 18.2 Å². The average Bonchev–Trinajstić information content (AvgIpc) is 2.56. The first-order chi connectivity index (χ1) is 7.53. The Morgan fingerprint density at radius 3 is 2.81 bits per heavy atom. The van der Waals surface area contributed by atoms with Crippen molar-refractivity contribution in [1.29, 1.82) is 0 Å². The van der Waals surface area contributed by atoms with Crippen molar-refractivity contribution in [1.82, 2.24) is 4.98 Å². The summed E-state index contributed by atoms with van der Waals surface area (Å²) >= 11 is 0. The molecule has 6 nitrogen and oxygen atoms in total. The Bertz CT molecular complexity index is 667. The van der Waals surface area contributed by atoms with E-state index in [2.05, 4.69) is 4.98 Å². The Balaban J connectivity index is 2.59. The number of aliphatic hydroxyl groups is 1. The van der Waals surface area contributed by atoms with Gasteiger partial charge in [-0.1, -0.05) is 0 Å². The maximum absolute atomic E-state index is 11.6. The fourth-order valence-corrected chi connectivity index (χ4v) is 2.40. The second-order valence-corrected chi connectivity index (χ2v) is 5.32. The van der Waals surface area contributed by atoms with Crippen LogP contribution in [0.1, 0.15) is 0 Å². The van der Waals surface area contributed by atoms with Gasteiger partial charge in [-0.15, -0.1) is 0 Å². The SMILES string of the molecule is O=c1[nH]c2ccc(S(=O)(=O)CCO)cc2o1. The smallest absolute Gasteiger partial charge is 0.408 e. The molecule has 2 N–H and O–H groups in total. The first-order valence-corrected chi connectivity index (χ1v) is 6.15. The Labute approximate surface area is 90.4 Å². The van der Waals surface area contributed by atoms with Crippen molar-refractivity contribution in [2.24, 2.45) is 0 Å². The molecule has 1 aromatic heterocycles.